The molecule has 0 atom stereocenters. The highest BCUT2D eigenvalue weighted by Crippen LogP contribution is 2.34. The summed E-state index contributed by atoms with van der Waals surface area (Å²) in [5.41, 5.74) is 1.36. The van der Waals surface area contributed by atoms with Gasteiger partial charge in [0.25, 0.3) is 5.56 Å². The molecule has 1 N–H and O–H groups in total. The molecule has 0 spiro atoms. The second kappa shape index (κ2) is 8.81. The van der Waals surface area contributed by atoms with Crippen molar-refractivity contribution in [3.05, 3.63) is 56.5 Å². The zero-order valence-electron chi connectivity index (χ0n) is 16.0. The van der Waals surface area contributed by atoms with Crippen LogP contribution in [0.1, 0.15) is 0 Å². The number of ether oxygens (including phenoxy) is 1. The number of carbonyl (C=O) groups is 1. The highest BCUT2D eigenvalue weighted by molar-refractivity contribution is 7.99. The van der Waals surface area contributed by atoms with Crippen molar-refractivity contribution < 1.29 is 9.53 Å². The summed E-state index contributed by atoms with van der Waals surface area (Å²) in [6.45, 7) is 0. The largest absolute Gasteiger partial charge is 0.495 e. The molecule has 0 unspecified atom stereocenters. The second-order valence-corrected chi connectivity index (χ2v) is 9.41. The van der Waals surface area contributed by atoms with Crippen LogP contribution in [0.25, 0.3) is 20.7 Å². The summed E-state index contributed by atoms with van der Waals surface area (Å²) >= 11 is 10.3. The first-order valence-electron chi connectivity index (χ1n) is 8.76. The minimum Gasteiger partial charge on any atom is -0.495 e. The minimum atomic E-state index is -0.221. The lowest BCUT2D eigenvalue weighted by molar-refractivity contribution is -0.113. The summed E-state index contributed by atoms with van der Waals surface area (Å²) in [6, 6.07) is 8.97. The van der Waals surface area contributed by atoms with Gasteiger partial charge in [-0.25, -0.2) is 4.98 Å². The lowest BCUT2D eigenvalue weighted by atomic mass is 10.2. The van der Waals surface area contributed by atoms with Crippen LogP contribution >= 0.6 is 46.0 Å². The lowest BCUT2D eigenvalue weighted by Gasteiger charge is -2.09. The van der Waals surface area contributed by atoms with Crippen LogP contribution in [0, 0.1) is 0 Å². The number of benzene rings is 1. The van der Waals surface area contributed by atoms with Crippen LogP contribution in [0.15, 0.2) is 51.0 Å². The average molecular weight is 478 g/mol. The first-order valence-corrected chi connectivity index (χ1v) is 11.9. The lowest BCUT2D eigenvalue weighted by Crippen LogP contribution is -2.21. The van der Waals surface area contributed by atoms with E-state index in [0.29, 0.717) is 31.8 Å². The molecule has 154 valence electrons. The Morgan fingerprint density at radius 2 is 2.17 bits per heavy atom. The van der Waals surface area contributed by atoms with Crippen LogP contribution < -0.4 is 15.6 Å². The number of fused-ring (bicyclic) bond motifs is 1. The molecule has 4 rings (SSSR count). The average Bonchev–Trinajstić information content (AvgIpc) is 3.39. The number of rotatable bonds is 6. The van der Waals surface area contributed by atoms with Gasteiger partial charge in [-0.3, -0.25) is 14.2 Å². The molecule has 0 aliphatic heterocycles. The van der Waals surface area contributed by atoms with E-state index in [-0.39, 0.29) is 17.2 Å². The Balaban J connectivity index is 1.52. The molecule has 0 aliphatic rings. The SMILES string of the molecule is COc1ccc(NC(=O)CSc2nc3scc(-c4cccs4)c3c(=O)n2C)cc1Cl. The molecule has 0 saturated carbocycles. The second-order valence-electron chi connectivity index (χ2n) is 6.25. The number of carbonyl (C=O) groups excluding carboxylic acids is 1. The van der Waals surface area contributed by atoms with Crippen LogP contribution in [-0.4, -0.2) is 28.3 Å². The molecule has 0 bridgehead atoms. The van der Waals surface area contributed by atoms with E-state index in [1.165, 1.54) is 34.8 Å². The van der Waals surface area contributed by atoms with E-state index in [1.807, 2.05) is 22.9 Å². The zero-order valence-corrected chi connectivity index (χ0v) is 19.2. The Kier molecular flexibility index (Phi) is 6.14. The van der Waals surface area contributed by atoms with Gasteiger partial charge in [0.2, 0.25) is 5.91 Å². The fourth-order valence-corrected chi connectivity index (χ4v) is 5.70. The van der Waals surface area contributed by atoms with Gasteiger partial charge in [0.05, 0.1) is 23.3 Å². The van der Waals surface area contributed by atoms with Crippen molar-refractivity contribution in [3.63, 3.8) is 0 Å². The highest BCUT2D eigenvalue weighted by atomic mass is 35.5. The Hall–Kier alpha value is -2.33. The fraction of sp³-hybridized carbons (Fsp3) is 0.150. The number of hydrogen-bond acceptors (Lipinski definition) is 7. The molecule has 1 amide bonds. The van der Waals surface area contributed by atoms with Gasteiger partial charge in [0, 0.05) is 28.6 Å². The Morgan fingerprint density at radius 3 is 2.87 bits per heavy atom. The van der Waals surface area contributed by atoms with E-state index in [1.54, 1.807) is 36.6 Å². The summed E-state index contributed by atoms with van der Waals surface area (Å²) in [5, 5.41) is 8.25. The van der Waals surface area contributed by atoms with Crippen LogP contribution in [0.4, 0.5) is 5.69 Å². The molecule has 3 aromatic heterocycles. The first kappa shape index (κ1) is 20.9. The van der Waals surface area contributed by atoms with Gasteiger partial charge in [-0.2, -0.15) is 0 Å². The van der Waals surface area contributed by atoms with E-state index < -0.39 is 0 Å². The summed E-state index contributed by atoms with van der Waals surface area (Å²) in [7, 11) is 3.20. The van der Waals surface area contributed by atoms with Crippen molar-refractivity contribution in [3.8, 4) is 16.2 Å². The molecule has 0 radical (unpaired) electrons. The Bertz CT molecular complexity index is 1280. The van der Waals surface area contributed by atoms with Crippen molar-refractivity contribution in [2.75, 3.05) is 18.2 Å². The molecular weight excluding hydrogens is 462 g/mol. The predicted molar refractivity (Wildman–Crippen MR) is 126 cm³/mol. The van der Waals surface area contributed by atoms with E-state index in [9.17, 15) is 9.59 Å². The number of anilines is 1. The number of hydrogen-bond donors (Lipinski definition) is 1. The first-order chi connectivity index (χ1) is 14.5. The van der Waals surface area contributed by atoms with Crippen LogP contribution in [-0.2, 0) is 11.8 Å². The smallest absolute Gasteiger partial charge is 0.263 e. The number of thiophene rings is 2. The van der Waals surface area contributed by atoms with Gasteiger partial charge >= 0.3 is 0 Å². The molecule has 0 saturated heterocycles. The van der Waals surface area contributed by atoms with Crippen LogP contribution in [0.3, 0.4) is 0 Å². The van der Waals surface area contributed by atoms with Crippen LogP contribution in [0.5, 0.6) is 5.75 Å². The highest BCUT2D eigenvalue weighted by Gasteiger charge is 2.17. The van der Waals surface area contributed by atoms with Gasteiger partial charge in [0.1, 0.15) is 10.6 Å². The standard InChI is InChI=1S/C20H16ClN3O3S3/c1-24-19(26)17-12(15-4-3-7-28-15)9-29-18(17)23-20(24)30-10-16(25)22-11-5-6-14(27-2)13(21)8-11/h3-9H,10H2,1-2H3,(H,22,25). The summed E-state index contributed by atoms with van der Waals surface area (Å²) in [5.74, 6) is 0.425. The number of aromatic nitrogens is 2. The summed E-state index contributed by atoms with van der Waals surface area (Å²) in [4.78, 5) is 31.6. The number of methoxy groups -OCH3 is 1. The Labute approximate surface area is 189 Å². The number of amides is 1. The molecule has 30 heavy (non-hydrogen) atoms. The van der Waals surface area contributed by atoms with Crippen molar-refractivity contribution in [1.29, 1.82) is 0 Å². The maximum atomic E-state index is 13.0. The van der Waals surface area contributed by atoms with Crippen molar-refractivity contribution >= 4 is 67.8 Å². The Morgan fingerprint density at radius 1 is 1.33 bits per heavy atom. The number of halogens is 1. The third kappa shape index (κ3) is 4.11. The maximum Gasteiger partial charge on any atom is 0.263 e. The van der Waals surface area contributed by atoms with E-state index in [2.05, 4.69) is 10.3 Å². The number of nitrogens with one attached hydrogen (secondary N) is 1. The van der Waals surface area contributed by atoms with Crippen molar-refractivity contribution in [2.45, 2.75) is 5.16 Å². The maximum absolute atomic E-state index is 13.0. The van der Waals surface area contributed by atoms with E-state index >= 15 is 0 Å². The quantitative estimate of drug-likeness (QED) is 0.308. The van der Waals surface area contributed by atoms with Gasteiger partial charge in [-0.1, -0.05) is 29.4 Å². The minimum absolute atomic E-state index is 0.110. The molecule has 0 aliphatic carbocycles. The van der Waals surface area contributed by atoms with Crippen LogP contribution in [0.2, 0.25) is 5.02 Å². The third-order valence-electron chi connectivity index (χ3n) is 4.33. The molecule has 10 heteroatoms. The molecule has 6 nitrogen and oxygen atoms in total. The van der Waals surface area contributed by atoms with Crippen molar-refractivity contribution in [2.24, 2.45) is 7.05 Å². The normalized spacial score (nSPS) is 11.0. The molecule has 0 fully saturated rings. The zero-order chi connectivity index (χ0) is 21.3. The van der Waals surface area contributed by atoms with Gasteiger partial charge in [0.15, 0.2) is 5.16 Å². The number of nitrogens with zero attached hydrogens (tertiary/aromatic N) is 2. The van der Waals surface area contributed by atoms with Gasteiger partial charge in [-0.05, 0) is 29.6 Å². The van der Waals surface area contributed by atoms with Gasteiger partial charge in [-0.15, -0.1) is 22.7 Å². The van der Waals surface area contributed by atoms with E-state index in [0.717, 1.165) is 10.4 Å². The molecule has 1 aromatic carbocycles. The van der Waals surface area contributed by atoms with Crippen molar-refractivity contribution in [1.82, 2.24) is 9.55 Å². The molecule has 4 aromatic rings. The van der Waals surface area contributed by atoms with Gasteiger partial charge < -0.3 is 10.1 Å². The predicted octanol–water partition coefficient (Wildman–Crippen LogP) is 5.12. The van der Waals surface area contributed by atoms with E-state index in [4.69, 9.17) is 16.3 Å². The topological polar surface area (TPSA) is 73.2 Å². The fourth-order valence-electron chi connectivity index (χ4n) is 2.87. The third-order valence-corrected chi connectivity index (χ3v) is 7.43. The number of thioether (sulfide) groups is 1. The molecule has 3 heterocycles. The monoisotopic (exact) mass is 477 g/mol. The summed E-state index contributed by atoms with van der Waals surface area (Å²) in [6.07, 6.45) is 0. The summed E-state index contributed by atoms with van der Waals surface area (Å²) < 4.78 is 6.60. The molecular formula is C20H16ClN3O3S3.